The lowest BCUT2D eigenvalue weighted by atomic mass is 10.2. The number of nitrogens with zero attached hydrogens (tertiary/aromatic N) is 4. The smallest absolute Gasteiger partial charge is 0.265 e. The summed E-state index contributed by atoms with van der Waals surface area (Å²) in [5.41, 5.74) is 2.00. The molecule has 1 N–H and O–H groups in total. The van der Waals surface area contributed by atoms with Crippen molar-refractivity contribution in [3.63, 3.8) is 0 Å². The highest BCUT2D eigenvalue weighted by atomic mass is 35.5. The van der Waals surface area contributed by atoms with Crippen LogP contribution in [-0.2, 0) is 23.1 Å². The quantitative estimate of drug-likeness (QED) is 0.713. The molecule has 3 aromatic rings. The Morgan fingerprint density at radius 2 is 2.04 bits per heavy atom. The van der Waals surface area contributed by atoms with Crippen LogP contribution in [0.1, 0.15) is 18.2 Å². The lowest BCUT2D eigenvalue weighted by molar-refractivity contribution is 0.598. The van der Waals surface area contributed by atoms with Gasteiger partial charge in [-0.1, -0.05) is 23.7 Å². The molecule has 9 heteroatoms. The minimum Gasteiger partial charge on any atom is -0.280 e. The van der Waals surface area contributed by atoms with Crippen molar-refractivity contribution in [2.75, 3.05) is 4.72 Å². The number of hydrogen-bond acceptors (Lipinski definition) is 4. The summed E-state index contributed by atoms with van der Waals surface area (Å²) >= 11 is 5.86. The van der Waals surface area contributed by atoms with Crippen molar-refractivity contribution >= 4 is 27.3 Å². The number of halogens is 1. The third-order valence-corrected chi connectivity index (χ3v) is 5.45. The molecule has 0 aliphatic rings. The number of aryl methyl sites for hydroxylation is 1. The van der Waals surface area contributed by atoms with Gasteiger partial charge in [0, 0.05) is 18.4 Å². The van der Waals surface area contributed by atoms with Gasteiger partial charge >= 0.3 is 0 Å². The Morgan fingerprint density at radius 3 is 2.68 bits per heavy atom. The third kappa shape index (κ3) is 3.85. The Morgan fingerprint density at radius 1 is 1.24 bits per heavy atom. The second-order valence-corrected chi connectivity index (χ2v) is 7.66. The van der Waals surface area contributed by atoms with Gasteiger partial charge < -0.3 is 0 Å². The summed E-state index contributed by atoms with van der Waals surface area (Å²) in [6.07, 6.45) is 4.64. The summed E-state index contributed by atoms with van der Waals surface area (Å²) in [6, 6.07) is 7.16. The standard InChI is InChI=1S/C16H18ClN5O2S/c1-3-22-12(2)16(9-19-22)25(23,24)20-15-6-4-5-13(7-15)10-21-11-14(17)8-18-21/h4-9,11,20H,3,10H2,1-2H3. The second-order valence-electron chi connectivity index (χ2n) is 5.57. The van der Waals surface area contributed by atoms with E-state index in [1.54, 1.807) is 46.9 Å². The molecule has 132 valence electrons. The van der Waals surface area contributed by atoms with Crippen molar-refractivity contribution in [3.05, 3.63) is 59.1 Å². The van der Waals surface area contributed by atoms with E-state index in [1.807, 2.05) is 13.0 Å². The van der Waals surface area contributed by atoms with Gasteiger partial charge in [0.2, 0.25) is 0 Å². The number of rotatable bonds is 6. The van der Waals surface area contributed by atoms with Gasteiger partial charge in [-0.3, -0.25) is 14.1 Å². The summed E-state index contributed by atoms with van der Waals surface area (Å²) in [6.45, 7) is 4.76. The van der Waals surface area contributed by atoms with Crippen LogP contribution < -0.4 is 4.72 Å². The Balaban J connectivity index is 1.82. The Labute approximate surface area is 151 Å². The minimum atomic E-state index is -3.70. The molecule has 0 bridgehead atoms. The van der Waals surface area contributed by atoms with E-state index in [0.29, 0.717) is 29.5 Å². The molecule has 0 aliphatic heterocycles. The van der Waals surface area contributed by atoms with Crippen LogP contribution in [0.2, 0.25) is 5.02 Å². The average Bonchev–Trinajstić information content (AvgIpc) is 3.13. The van der Waals surface area contributed by atoms with Gasteiger partial charge in [-0.25, -0.2) is 8.42 Å². The first-order valence-corrected chi connectivity index (χ1v) is 9.57. The van der Waals surface area contributed by atoms with Gasteiger partial charge in [-0.15, -0.1) is 0 Å². The van der Waals surface area contributed by atoms with E-state index in [0.717, 1.165) is 5.56 Å². The molecular weight excluding hydrogens is 362 g/mol. The summed E-state index contributed by atoms with van der Waals surface area (Å²) in [7, 11) is -3.70. The van der Waals surface area contributed by atoms with Crippen LogP contribution in [0.15, 0.2) is 47.8 Å². The predicted molar refractivity (Wildman–Crippen MR) is 96.2 cm³/mol. The number of aromatic nitrogens is 4. The van der Waals surface area contributed by atoms with E-state index in [-0.39, 0.29) is 4.90 Å². The molecule has 0 aliphatic carbocycles. The molecule has 0 amide bonds. The zero-order chi connectivity index (χ0) is 18.0. The molecule has 0 spiro atoms. The molecule has 0 saturated carbocycles. The SMILES string of the molecule is CCn1ncc(S(=O)(=O)Nc2cccc(Cn3cc(Cl)cn3)c2)c1C. The maximum atomic E-state index is 12.6. The van der Waals surface area contributed by atoms with Crippen molar-refractivity contribution < 1.29 is 8.42 Å². The monoisotopic (exact) mass is 379 g/mol. The predicted octanol–water partition coefficient (Wildman–Crippen LogP) is 2.91. The lowest BCUT2D eigenvalue weighted by Crippen LogP contribution is -2.14. The van der Waals surface area contributed by atoms with Gasteiger partial charge in [0.1, 0.15) is 4.90 Å². The van der Waals surface area contributed by atoms with Crippen LogP contribution in [0.25, 0.3) is 0 Å². The molecule has 0 unspecified atom stereocenters. The molecule has 2 heterocycles. The second kappa shape index (κ2) is 6.89. The number of hydrogen-bond donors (Lipinski definition) is 1. The topological polar surface area (TPSA) is 81.8 Å². The van der Waals surface area contributed by atoms with E-state index < -0.39 is 10.0 Å². The fraction of sp³-hybridized carbons (Fsp3) is 0.250. The van der Waals surface area contributed by atoms with Crippen molar-refractivity contribution in [2.45, 2.75) is 31.8 Å². The van der Waals surface area contributed by atoms with Crippen LogP contribution in [0.5, 0.6) is 0 Å². The molecule has 25 heavy (non-hydrogen) atoms. The van der Waals surface area contributed by atoms with Gasteiger partial charge in [0.05, 0.1) is 29.7 Å². The highest BCUT2D eigenvalue weighted by Crippen LogP contribution is 2.20. The first-order chi connectivity index (χ1) is 11.9. The molecule has 0 radical (unpaired) electrons. The maximum Gasteiger partial charge on any atom is 0.265 e. The van der Waals surface area contributed by atoms with Crippen molar-refractivity contribution in [1.29, 1.82) is 0 Å². The zero-order valence-electron chi connectivity index (χ0n) is 13.8. The third-order valence-electron chi connectivity index (χ3n) is 3.77. The van der Waals surface area contributed by atoms with E-state index in [1.165, 1.54) is 6.20 Å². The number of sulfonamides is 1. The Hall–Kier alpha value is -2.32. The van der Waals surface area contributed by atoms with Crippen LogP contribution in [-0.4, -0.2) is 28.0 Å². The van der Waals surface area contributed by atoms with Crippen molar-refractivity contribution in [2.24, 2.45) is 0 Å². The lowest BCUT2D eigenvalue weighted by Gasteiger charge is -2.10. The van der Waals surface area contributed by atoms with E-state index in [9.17, 15) is 8.42 Å². The van der Waals surface area contributed by atoms with Gasteiger partial charge in [0.25, 0.3) is 10.0 Å². The first-order valence-electron chi connectivity index (χ1n) is 7.71. The number of benzene rings is 1. The average molecular weight is 380 g/mol. The van der Waals surface area contributed by atoms with Gasteiger partial charge in [0.15, 0.2) is 0 Å². The Kier molecular flexibility index (Phi) is 4.82. The normalized spacial score (nSPS) is 11.6. The van der Waals surface area contributed by atoms with E-state index in [4.69, 9.17) is 11.6 Å². The molecule has 1 aromatic carbocycles. The van der Waals surface area contributed by atoms with E-state index >= 15 is 0 Å². The molecule has 0 fully saturated rings. The summed E-state index contributed by atoms with van der Waals surface area (Å²) in [4.78, 5) is 0.179. The highest BCUT2D eigenvalue weighted by Gasteiger charge is 2.20. The summed E-state index contributed by atoms with van der Waals surface area (Å²) in [5.74, 6) is 0. The van der Waals surface area contributed by atoms with Crippen LogP contribution >= 0.6 is 11.6 Å². The summed E-state index contributed by atoms with van der Waals surface area (Å²) in [5, 5.41) is 8.77. The van der Waals surface area contributed by atoms with Crippen molar-refractivity contribution in [1.82, 2.24) is 19.6 Å². The molecule has 7 nitrogen and oxygen atoms in total. The van der Waals surface area contributed by atoms with Gasteiger partial charge in [-0.2, -0.15) is 10.2 Å². The highest BCUT2D eigenvalue weighted by molar-refractivity contribution is 7.92. The maximum absolute atomic E-state index is 12.6. The molecule has 3 rings (SSSR count). The fourth-order valence-corrected chi connectivity index (χ4v) is 3.95. The molecule has 2 aromatic heterocycles. The molecule has 0 atom stereocenters. The summed E-state index contributed by atoms with van der Waals surface area (Å²) < 4.78 is 31.2. The minimum absolute atomic E-state index is 0.179. The number of nitrogens with one attached hydrogen (secondary N) is 1. The van der Waals surface area contributed by atoms with Crippen LogP contribution in [0.3, 0.4) is 0 Å². The molecule has 0 saturated heterocycles. The fourth-order valence-electron chi connectivity index (χ4n) is 2.57. The Bertz CT molecular complexity index is 994. The van der Waals surface area contributed by atoms with Gasteiger partial charge in [-0.05, 0) is 31.5 Å². The zero-order valence-corrected chi connectivity index (χ0v) is 15.4. The van der Waals surface area contributed by atoms with Crippen LogP contribution in [0.4, 0.5) is 5.69 Å². The molecular formula is C16H18ClN5O2S. The largest absolute Gasteiger partial charge is 0.280 e. The van der Waals surface area contributed by atoms with Crippen LogP contribution in [0, 0.1) is 6.92 Å². The number of anilines is 1. The first kappa shape index (κ1) is 17.5. The van der Waals surface area contributed by atoms with E-state index in [2.05, 4.69) is 14.9 Å². The van der Waals surface area contributed by atoms with Crippen molar-refractivity contribution in [3.8, 4) is 0 Å².